The van der Waals surface area contributed by atoms with Gasteiger partial charge < -0.3 is 41.1 Å². The number of benzene rings is 1. The first-order valence-electron chi connectivity index (χ1n) is 21.3. The van der Waals surface area contributed by atoms with Gasteiger partial charge in [-0.1, -0.05) is 65.5 Å². The van der Waals surface area contributed by atoms with Crippen LogP contribution < -0.4 is 16.4 Å². The Morgan fingerprint density at radius 3 is 2.32 bits per heavy atom. The summed E-state index contributed by atoms with van der Waals surface area (Å²) in [5.74, 6) is -3.13. The monoisotopic (exact) mass is 856 g/mol. The number of aromatic nitrogens is 1. The maximum atomic E-state index is 14.8. The molecule has 1 aromatic heterocycles. The van der Waals surface area contributed by atoms with E-state index in [1.807, 2.05) is 20.8 Å². The number of rotatable bonds is 24. The summed E-state index contributed by atoms with van der Waals surface area (Å²) in [5.41, 5.74) is 4.24. The number of amides is 4. The summed E-state index contributed by atoms with van der Waals surface area (Å²) in [5, 5.41) is 27.5. The van der Waals surface area contributed by atoms with Crippen LogP contribution in [-0.4, -0.2) is 104 Å². The Kier molecular flexibility index (Phi) is 19.0. The predicted octanol–water partition coefficient (Wildman–Crippen LogP) is 5.74. The number of unbranched alkanes of at least 4 members (excludes halogenated alkanes) is 3. The van der Waals surface area contributed by atoms with Gasteiger partial charge in [0.1, 0.15) is 28.0 Å². The van der Waals surface area contributed by atoms with Gasteiger partial charge in [-0.05, 0) is 82.9 Å². The molecule has 1 aliphatic rings. The number of thiazole rings is 1. The summed E-state index contributed by atoms with van der Waals surface area (Å²) in [6.07, 6.45) is 5.33. The molecule has 0 spiro atoms. The van der Waals surface area contributed by atoms with Gasteiger partial charge in [-0.3, -0.25) is 28.8 Å². The number of carbonyl (C=O) groups excluding carboxylic acids is 5. The smallest absolute Gasteiger partial charge is 0.309 e. The first kappa shape index (κ1) is 49.8. The number of phenols is 1. The van der Waals surface area contributed by atoms with Gasteiger partial charge in [0.15, 0.2) is 6.10 Å². The molecular formula is C44H68N6O9S. The number of likely N-dealkylation sites (tertiary alicyclic amines) is 1. The topological polar surface area (TPSA) is 222 Å². The van der Waals surface area contributed by atoms with Crippen molar-refractivity contribution in [2.24, 2.45) is 17.1 Å². The average molecular weight is 857 g/mol. The second-order valence-corrected chi connectivity index (χ2v) is 18.1. The number of carbonyl (C=O) groups is 6. The maximum absolute atomic E-state index is 14.8. The molecule has 16 heteroatoms. The van der Waals surface area contributed by atoms with Crippen LogP contribution in [-0.2, 0) is 35.1 Å². The largest absolute Gasteiger partial charge is 0.508 e. The molecule has 2 heterocycles. The molecule has 0 bridgehead atoms. The number of aliphatic carboxylic acids is 1. The third-order valence-electron chi connectivity index (χ3n) is 11.4. The van der Waals surface area contributed by atoms with Crippen LogP contribution in [0.15, 0.2) is 29.6 Å². The van der Waals surface area contributed by atoms with Crippen molar-refractivity contribution in [1.82, 2.24) is 25.4 Å². The van der Waals surface area contributed by atoms with E-state index < -0.39 is 58.9 Å². The Hall–Kier alpha value is -4.57. The van der Waals surface area contributed by atoms with Crippen LogP contribution in [0.25, 0.3) is 0 Å². The van der Waals surface area contributed by atoms with E-state index in [1.165, 1.54) is 24.0 Å². The van der Waals surface area contributed by atoms with Gasteiger partial charge in [-0.2, -0.15) is 0 Å². The Morgan fingerprint density at radius 2 is 1.73 bits per heavy atom. The SMILES string of the molecule is CCCCCCN(C(=O)[C@H](CCC)NC(=O)[C@@]1(C)CCCN1C(=O)CN)[C@H](C[C@@H](OC(C)=O)c1nc(C(=O)N[C@@H](Cc2ccc(O)cc2)CC(C)(C)C(=O)O)cs1)C(C)C. The lowest BCUT2D eigenvalue weighted by atomic mass is 9.84. The molecule has 2 aromatic rings. The number of nitrogens with one attached hydrogen (secondary N) is 2. The van der Waals surface area contributed by atoms with Crippen LogP contribution in [0.2, 0.25) is 0 Å². The fourth-order valence-corrected chi connectivity index (χ4v) is 8.73. The maximum Gasteiger partial charge on any atom is 0.309 e. The van der Waals surface area contributed by atoms with Crippen LogP contribution >= 0.6 is 11.3 Å². The number of carboxylic acids is 1. The summed E-state index contributed by atoms with van der Waals surface area (Å²) in [4.78, 5) is 87.8. The van der Waals surface area contributed by atoms with Gasteiger partial charge in [0.25, 0.3) is 5.91 Å². The highest BCUT2D eigenvalue weighted by Crippen LogP contribution is 2.33. The minimum atomic E-state index is -1.16. The summed E-state index contributed by atoms with van der Waals surface area (Å²) in [7, 11) is 0. The van der Waals surface area contributed by atoms with Gasteiger partial charge in [0.05, 0.1) is 12.0 Å². The molecule has 4 amide bonds. The van der Waals surface area contributed by atoms with Crippen molar-refractivity contribution in [2.45, 2.75) is 156 Å². The third-order valence-corrected chi connectivity index (χ3v) is 12.3. The highest BCUT2D eigenvalue weighted by Gasteiger charge is 2.47. The van der Waals surface area contributed by atoms with Crippen molar-refractivity contribution in [3.63, 3.8) is 0 Å². The number of ether oxygens (including phenoxy) is 1. The number of nitrogens with zero attached hydrogens (tertiary/aromatic N) is 3. The standard InChI is InChI=1S/C44H68N6O9S/c1-9-11-12-13-21-49(40(55)33(15-10-2)48-41(56)44(8)20-14-22-50(44)37(53)26-45)35(28(3)4)24-36(59-29(5)51)39-47-34(27-60-39)38(54)46-31(25-43(6,7)42(57)58)23-30-16-18-32(52)19-17-30/h16-19,27-28,31,33,35-36,52H,9-15,20-26,45H2,1-8H3,(H,46,54)(H,48,56)(H,57,58)/t31-,33-,35+,36+,44+/m0/s1. The lowest BCUT2D eigenvalue weighted by Gasteiger charge is -2.39. The fourth-order valence-electron chi connectivity index (χ4n) is 7.89. The summed E-state index contributed by atoms with van der Waals surface area (Å²) in [6.45, 7) is 14.8. The molecule has 334 valence electrons. The van der Waals surface area contributed by atoms with Gasteiger partial charge in [0.2, 0.25) is 17.7 Å². The van der Waals surface area contributed by atoms with E-state index in [-0.39, 0.29) is 48.6 Å². The molecule has 5 atom stereocenters. The molecular weight excluding hydrogens is 789 g/mol. The normalized spacial score (nSPS) is 17.4. The number of aromatic hydroxyl groups is 1. The van der Waals surface area contributed by atoms with Crippen molar-refractivity contribution in [1.29, 1.82) is 0 Å². The van der Waals surface area contributed by atoms with E-state index in [0.29, 0.717) is 50.2 Å². The van der Waals surface area contributed by atoms with Crippen LogP contribution in [0.4, 0.5) is 0 Å². The lowest BCUT2D eigenvalue weighted by molar-refractivity contribution is -0.150. The van der Waals surface area contributed by atoms with E-state index in [2.05, 4.69) is 22.5 Å². The summed E-state index contributed by atoms with van der Waals surface area (Å²) < 4.78 is 5.88. The highest BCUT2D eigenvalue weighted by molar-refractivity contribution is 7.09. The number of hydrogen-bond acceptors (Lipinski definition) is 11. The molecule has 1 fully saturated rings. The molecule has 60 heavy (non-hydrogen) atoms. The predicted molar refractivity (Wildman–Crippen MR) is 230 cm³/mol. The number of esters is 1. The molecule has 0 radical (unpaired) electrons. The van der Waals surface area contributed by atoms with Gasteiger partial charge >= 0.3 is 11.9 Å². The average Bonchev–Trinajstić information content (AvgIpc) is 3.85. The van der Waals surface area contributed by atoms with E-state index in [9.17, 15) is 39.0 Å². The molecule has 0 aliphatic carbocycles. The Labute approximate surface area is 359 Å². The van der Waals surface area contributed by atoms with Gasteiger partial charge in [-0.15, -0.1) is 11.3 Å². The first-order chi connectivity index (χ1) is 28.3. The van der Waals surface area contributed by atoms with Gasteiger partial charge in [-0.25, -0.2) is 4.98 Å². The first-order valence-corrected chi connectivity index (χ1v) is 22.2. The molecule has 6 N–H and O–H groups in total. The summed E-state index contributed by atoms with van der Waals surface area (Å²) in [6, 6.07) is 4.54. The van der Waals surface area contributed by atoms with E-state index in [0.717, 1.165) is 42.6 Å². The van der Waals surface area contributed by atoms with Crippen molar-refractivity contribution >= 4 is 46.9 Å². The van der Waals surface area contributed by atoms with Crippen molar-refractivity contribution in [2.75, 3.05) is 19.6 Å². The second kappa shape index (κ2) is 22.9. The Bertz CT molecular complexity index is 1770. The number of carboxylic acid groups (broad SMARTS) is 1. The Morgan fingerprint density at radius 1 is 1.05 bits per heavy atom. The molecule has 3 rings (SSSR count). The van der Waals surface area contributed by atoms with Crippen LogP contribution in [0.3, 0.4) is 0 Å². The number of hydrogen-bond donors (Lipinski definition) is 5. The molecule has 0 saturated carbocycles. The highest BCUT2D eigenvalue weighted by atomic mass is 32.1. The van der Waals surface area contributed by atoms with Crippen molar-refractivity contribution in [3.8, 4) is 5.75 Å². The zero-order chi connectivity index (χ0) is 44.8. The quantitative estimate of drug-likeness (QED) is 0.0633. The lowest BCUT2D eigenvalue weighted by Crippen LogP contribution is -2.61. The van der Waals surface area contributed by atoms with Crippen LogP contribution in [0, 0.1) is 11.3 Å². The van der Waals surface area contributed by atoms with E-state index in [1.54, 1.807) is 43.2 Å². The minimum absolute atomic E-state index is 0.0675. The van der Waals surface area contributed by atoms with Crippen molar-refractivity contribution in [3.05, 3.63) is 45.9 Å². The molecule has 1 aliphatic heterocycles. The molecule has 1 aromatic carbocycles. The van der Waals surface area contributed by atoms with Crippen LogP contribution in [0.1, 0.15) is 147 Å². The molecule has 0 unspecified atom stereocenters. The zero-order valence-electron chi connectivity index (χ0n) is 36.8. The van der Waals surface area contributed by atoms with Crippen LogP contribution in [0.5, 0.6) is 5.75 Å². The number of nitrogens with two attached hydrogens (primary N) is 1. The minimum Gasteiger partial charge on any atom is -0.508 e. The van der Waals surface area contributed by atoms with Gasteiger partial charge in [0, 0.05) is 43.9 Å². The van der Waals surface area contributed by atoms with E-state index >= 15 is 0 Å². The Balaban J connectivity index is 1.94. The number of phenolic OH excluding ortho intramolecular Hbond substituents is 1. The molecule has 15 nitrogen and oxygen atoms in total. The third kappa shape index (κ3) is 13.7. The second-order valence-electron chi connectivity index (χ2n) is 17.2. The van der Waals surface area contributed by atoms with E-state index in [4.69, 9.17) is 10.5 Å². The fraction of sp³-hybridized carbons (Fsp3) is 0.659. The van der Waals surface area contributed by atoms with Crippen molar-refractivity contribution < 1.29 is 43.7 Å². The zero-order valence-corrected chi connectivity index (χ0v) is 37.6. The molecule has 1 saturated heterocycles. The summed E-state index contributed by atoms with van der Waals surface area (Å²) >= 11 is 1.15.